The molecule has 1 radical (unpaired) electrons. The summed E-state index contributed by atoms with van der Waals surface area (Å²) >= 11 is 0. The summed E-state index contributed by atoms with van der Waals surface area (Å²) in [6, 6.07) is 27.3. The Bertz CT molecular complexity index is 1470. The van der Waals surface area contributed by atoms with Crippen LogP contribution >= 0.6 is 0 Å². The van der Waals surface area contributed by atoms with Gasteiger partial charge in [-0.25, -0.2) is 0 Å². The Hall–Kier alpha value is -3.46. The molecule has 0 aliphatic rings. The predicted octanol–water partition coefficient (Wildman–Crippen LogP) is 8.01. The molecule has 4 heteroatoms. The van der Waals surface area contributed by atoms with Gasteiger partial charge in [0.2, 0.25) is 0 Å². The largest absolute Gasteiger partial charge is 0.304 e. The topological polar surface area (TPSA) is 38.7 Å². The first-order valence-corrected chi connectivity index (χ1v) is 12.1. The Kier molecular flexibility index (Phi) is 9.63. The second kappa shape index (κ2) is 12.7. The Morgan fingerprint density at radius 1 is 0.514 bits per heavy atom. The molecule has 0 unspecified atom stereocenters. The minimum atomic E-state index is 0. The summed E-state index contributed by atoms with van der Waals surface area (Å²) < 4.78 is 0. The van der Waals surface area contributed by atoms with Gasteiger partial charge in [-0.15, -0.1) is 70.8 Å². The van der Waals surface area contributed by atoms with Crippen molar-refractivity contribution in [1.82, 2.24) is 15.0 Å². The van der Waals surface area contributed by atoms with E-state index in [0.29, 0.717) is 5.82 Å². The summed E-state index contributed by atoms with van der Waals surface area (Å²) in [4.78, 5) is 13.2. The van der Waals surface area contributed by atoms with Crippen molar-refractivity contribution in [2.75, 3.05) is 0 Å². The first kappa shape index (κ1) is 28.1. The van der Waals surface area contributed by atoms with Gasteiger partial charge in [0.05, 0.1) is 5.82 Å². The first-order chi connectivity index (χ1) is 17.3. The normalized spacial score (nSPS) is 10.2. The van der Waals surface area contributed by atoms with Crippen LogP contribution in [0.3, 0.4) is 0 Å². The number of pyridine rings is 1. The number of benzene rings is 3. The van der Waals surface area contributed by atoms with Crippen molar-refractivity contribution >= 4 is 0 Å². The molecule has 3 nitrogen and oxygen atoms in total. The Morgan fingerprint density at radius 3 is 1.81 bits per heavy atom. The van der Waals surface area contributed by atoms with Crippen LogP contribution in [-0.2, 0) is 20.1 Å². The molecule has 0 saturated heterocycles. The van der Waals surface area contributed by atoms with E-state index in [1.807, 2.05) is 43.7 Å². The van der Waals surface area contributed by atoms with Crippen LogP contribution in [0.25, 0.3) is 33.8 Å². The monoisotopic (exact) mass is 662 g/mol. The quantitative estimate of drug-likeness (QED) is 0.184. The zero-order chi connectivity index (χ0) is 25.7. The van der Waals surface area contributed by atoms with Gasteiger partial charge in [0, 0.05) is 38.7 Å². The molecule has 0 spiro atoms. The molecule has 0 amide bonds. The minimum absolute atomic E-state index is 0. The van der Waals surface area contributed by atoms with Crippen LogP contribution in [0.4, 0.5) is 0 Å². The maximum Gasteiger partial charge on any atom is 0.0748 e. The van der Waals surface area contributed by atoms with Crippen molar-refractivity contribution < 1.29 is 20.1 Å². The van der Waals surface area contributed by atoms with Gasteiger partial charge in [-0.2, -0.15) is 0 Å². The summed E-state index contributed by atoms with van der Waals surface area (Å²) in [6.45, 7) is 12.5. The van der Waals surface area contributed by atoms with E-state index < -0.39 is 0 Å². The van der Waals surface area contributed by atoms with Crippen LogP contribution in [0, 0.1) is 53.7 Å². The second-order valence-corrected chi connectivity index (χ2v) is 9.38. The molecule has 3 aromatic carbocycles. The molecule has 5 rings (SSSR count). The molecular formula is C33H31IrN3-2. The average Bonchev–Trinajstić information content (AvgIpc) is 2.86. The second-order valence-electron chi connectivity index (χ2n) is 9.38. The molecule has 2 heterocycles. The number of aryl methyl sites for hydroxylation is 6. The van der Waals surface area contributed by atoms with Crippen LogP contribution in [0.15, 0.2) is 79.3 Å². The maximum absolute atomic E-state index is 4.42. The van der Waals surface area contributed by atoms with E-state index in [0.717, 1.165) is 22.4 Å². The fraction of sp³-hybridized carbons (Fsp3) is 0.182. The van der Waals surface area contributed by atoms with Gasteiger partial charge >= 0.3 is 0 Å². The Labute approximate surface area is 234 Å². The first-order valence-electron chi connectivity index (χ1n) is 12.1. The summed E-state index contributed by atoms with van der Waals surface area (Å²) in [5.74, 6) is 0.715. The van der Waals surface area contributed by atoms with Crippen molar-refractivity contribution in [2.24, 2.45) is 0 Å². The summed E-state index contributed by atoms with van der Waals surface area (Å²) in [5, 5.41) is 0. The number of hydrogen-bond acceptors (Lipinski definition) is 3. The van der Waals surface area contributed by atoms with Gasteiger partial charge in [0.1, 0.15) is 0 Å². The third-order valence-electron chi connectivity index (χ3n) is 5.98. The van der Waals surface area contributed by atoms with Crippen molar-refractivity contribution in [3.8, 4) is 33.8 Å². The average molecular weight is 662 g/mol. The Balaban J connectivity index is 0.000000211. The predicted molar refractivity (Wildman–Crippen MR) is 149 cm³/mol. The van der Waals surface area contributed by atoms with Gasteiger partial charge < -0.3 is 4.98 Å². The van der Waals surface area contributed by atoms with E-state index in [2.05, 4.69) is 104 Å². The van der Waals surface area contributed by atoms with Gasteiger partial charge in [-0.3, -0.25) is 9.97 Å². The molecule has 189 valence electrons. The van der Waals surface area contributed by atoms with Crippen LogP contribution in [0.2, 0.25) is 0 Å². The molecule has 0 atom stereocenters. The minimum Gasteiger partial charge on any atom is -0.304 e. The van der Waals surface area contributed by atoms with E-state index in [4.69, 9.17) is 0 Å². The van der Waals surface area contributed by atoms with Crippen LogP contribution in [-0.4, -0.2) is 15.0 Å². The van der Waals surface area contributed by atoms with Crippen LogP contribution in [0.1, 0.15) is 33.4 Å². The van der Waals surface area contributed by atoms with Crippen molar-refractivity contribution in [1.29, 1.82) is 0 Å². The number of hydrogen-bond donors (Lipinski definition) is 0. The van der Waals surface area contributed by atoms with Gasteiger partial charge in [-0.1, -0.05) is 47.9 Å². The van der Waals surface area contributed by atoms with E-state index in [9.17, 15) is 0 Å². The summed E-state index contributed by atoms with van der Waals surface area (Å²) in [6.07, 6.45) is 5.58. The van der Waals surface area contributed by atoms with E-state index in [1.165, 1.54) is 38.9 Å². The van der Waals surface area contributed by atoms with Gasteiger partial charge in [0.15, 0.2) is 0 Å². The van der Waals surface area contributed by atoms with E-state index in [-0.39, 0.29) is 20.1 Å². The fourth-order valence-electron chi connectivity index (χ4n) is 3.95. The number of aromatic nitrogens is 3. The van der Waals surface area contributed by atoms with Crippen molar-refractivity contribution in [2.45, 2.75) is 41.5 Å². The molecule has 0 saturated carbocycles. The standard InChI is InChI=1S/C19H17N2.C14H14N.Ir/c1-13-7-14(2)9-18(8-13)16-5-4-6-17(10-16)19-20-11-15(3)12-21-19;1-10-5-4-6-13(7-10)14-8-11(2)12(3)9-15-14;/h4-5,7-12H,1-3H3;4-5,7-9H,1-3H3;/q2*-1;. The third kappa shape index (κ3) is 7.52. The Morgan fingerprint density at radius 2 is 1.16 bits per heavy atom. The summed E-state index contributed by atoms with van der Waals surface area (Å²) in [7, 11) is 0. The molecule has 0 aliphatic carbocycles. The molecule has 0 N–H and O–H groups in total. The molecule has 2 aromatic heterocycles. The molecule has 0 aliphatic heterocycles. The van der Waals surface area contributed by atoms with Crippen molar-refractivity contribution in [3.63, 3.8) is 0 Å². The molecule has 0 fully saturated rings. The fourth-order valence-corrected chi connectivity index (χ4v) is 3.95. The smallest absolute Gasteiger partial charge is 0.0748 e. The SMILES string of the molecule is Cc1cc[c-]c(-c2cc(C)c(C)cn2)c1.Cc1cnc(-c2[c-]ccc(-c3cc(C)cc(C)c3)c2)nc1.[Ir]. The maximum atomic E-state index is 4.42. The number of nitrogens with zero attached hydrogens (tertiary/aromatic N) is 3. The van der Waals surface area contributed by atoms with E-state index >= 15 is 0 Å². The zero-order valence-electron chi connectivity index (χ0n) is 22.2. The number of rotatable bonds is 3. The molecule has 37 heavy (non-hydrogen) atoms. The van der Waals surface area contributed by atoms with E-state index in [1.54, 1.807) is 0 Å². The summed E-state index contributed by atoms with van der Waals surface area (Å²) in [5.41, 5.74) is 12.7. The van der Waals surface area contributed by atoms with Crippen LogP contribution < -0.4 is 0 Å². The molecule has 5 aromatic rings. The third-order valence-corrected chi connectivity index (χ3v) is 5.98. The van der Waals surface area contributed by atoms with Crippen LogP contribution in [0.5, 0.6) is 0 Å². The molecule has 0 bridgehead atoms. The zero-order valence-corrected chi connectivity index (χ0v) is 24.6. The van der Waals surface area contributed by atoms with Gasteiger partial charge in [-0.05, 0) is 57.0 Å². The molecular weight excluding hydrogens is 631 g/mol. The van der Waals surface area contributed by atoms with Gasteiger partial charge in [0.25, 0.3) is 0 Å². The van der Waals surface area contributed by atoms with Crippen molar-refractivity contribution in [3.05, 3.63) is 125 Å².